The van der Waals surface area contributed by atoms with Crippen LogP contribution in [0.5, 0.6) is 0 Å². The van der Waals surface area contributed by atoms with Crippen LogP contribution in [0, 0.1) is 0 Å². The van der Waals surface area contributed by atoms with Gasteiger partial charge in [0.15, 0.2) is 0 Å². The van der Waals surface area contributed by atoms with E-state index in [9.17, 15) is 4.79 Å². The molecule has 4 heteroatoms. The topological polar surface area (TPSA) is 35.6 Å². The zero-order valence-electron chi connectivity index (χ0n) is 12.8. The Morgan fingerprint density at radius 2 is 2.05 bits per heavy atom. The summed E-state index contributed by atoms with van der Waals surface area (Å²) in [5.74, 6) is 0.144. The Balaban J connectivity index is 2.10. The zero-order chi connectivity index (χ0) is 14.5. The van der Waals surface area contributed by atoms with E-state index in [0.29, 0.717) is 0 Å². The minimum atomic E-state index is 0.144. The maximum absolute atomic E-state index is 12.6. The molecular weight excluding hydrogens is 250 g/mol. The van der Waals surface area contributed by atoms with Crippen LogP contribution in [0.15, 0.2) is 18.2 Å². The van der Waals surface area contributed by atoms with Crippen molar-refractivity contribution in [3.63, 3.8) is 0 Å². The summed E-state index contributed by atoms with van der Waals surface area (Å²) in [4.78, 5) is 16.7. The van der Waals surface area contributed by atoms with Crippen molar-refractivity contribution in [2.24, 2.45) is 0 Å². The number of rotatable bonds is 6. The predicted octanol–water partition coefficient (Wildman–Crippen LogP) is 2.07. The largest absolute Gasteiger partial charge is 0.384 e. The third-order valence-corrected chi connectivity index (χ3v) is 3.66. The molecule has 1 N–H and O–H groups in total. The van der Waals surface area contributed by atoms with E-state index in [-0.39, 0.29) is 5.91 Å². The quantitative estimate of drug-likeness (QED) is 0.863. The first kappa shape index (κ1) is 14.9. The number of carbonyl (C=O) groups excluding carboxylic acids is 1. The van der Waals surface area contributed by atoms with E-state index in [0.717, 1.165) is 50.3 Å². The molecule has 0 unspecified atom stereocenters. The molecule has 1 aromatic carbocycles. The third kappa shape index (κ3) is 3.51. The van der Waals surface area contributed by atoms with Crippen LogP contribution in [0.1, 0.15) is 29.3 Å². The van der Waals surface area contributed by atoms with E-state index < -0.39 is 0 Å². The predicted molar refractivity (Wildman–Crippen MR) is 83.4 cm³/mol. The van der Waals surface area contributed by atoms with Crippen LogP contribution < -0.4 is 5.32 Å². The lowest BCUT2D eigenvalue weighted by molar-refractivity contribution is 0.0745. The Labute approximate surface area is 121 Å². The van der Waals surface area contributed by atoms with E-state index in [1.165, 1.54) is 5.56 Å². The van der Waals surface area contributed by atoms with E-state index in [2.05, 4.69) is 23.2 Å². The lowest BCUT2D eigenvalue weighted by Gasteiger charge is -2.24. The molecule has 0 fully saturated rings. The second-order valence-corrected chi connectivity index (χ2v) is 5.64. The molecule has 0 atom stereocenters. The highest BCUT2D eigenvalue weighted by Gasteiger charge is 2.18. The highest BCUT2D eigenvalue weighted by molar-refractivity contribution is 5.95. The molecule has 20 heavy (non-hydrogen) atoms. The van der Waals surface area contributed by atoms with Gasteiger partial charge in [-0.05, 0) is 44.6 Å². The van der Waals surface area contributed by atoms with E-state index in [4.69, 9.17) is 0 Å². The van der Waals surface area contributed by atoms with E-state index in [1.54, 1.807) is 0 Å². The van der Waals surface area contributed by atoms with Gasteiger partial charge in [0.2, 0.25) is 0 Å². The van der Waals surface area contributed by atoms with Gasteiger partial charge in [0.05, 0.1) is 0 Å². The summed E-state index contributed by atoms with van der Waals surface area (Å²) in [6, 6.07) is 6.05. The summed E-state index contributed by atoms with van der Waals surface area (Å²) in [6.45, 7) is 5.59. The molecule has 0 bridgehead atoms. The highest BCUT2D eigenvalue weighted by atomic mass is 16.2. The Bertz CT molecular complexity index is 471. The Morgan fingerprint density at radius 1 is 1.25 bits per heavy atom. The van der Waals surface area contributed by atoms with Gasteiger partial charge in [0.25, 0.3) is 5.91 Å². The molecule has 1 aliphatic rings. The highest BCUT2D eigenvalue weighted by Crippen LogP contribution is 2.23. The molecule has 0 spiro atoms. The first-order valence-electron chi connectivity index (χ1n) is 7.42. The van der Waals surface area contributed by atoms with E-state index >= 15 is 0 Å². The van der Waals surface area contributed by atoms with Crippen LogP contribution in [0.4, 0.5) is 5.69 Å². The molecule has 4 nitrogen and oxygen atoms in total. The molecule has 1 amide bonds. The lowest BCUT2D eigenvalue weighted by Crippen LogP contribution is -2.37. The fraction of sp³-hybridized carbons (Fsp3) is 0.562. The van der Waals surface area contributed by atoms with Crippen molar-refractivity contribution in [1.82, 2.24) is 9.80 Å². The molecule has 0 aromatic heterocycles. The van der Waals surface area contributed by atoms with Gasteiger partial charge >= 0.3 is 0 Å². The standard InChI is InChI=1S/C16H25N3O/c1-4-9-19(11-10-18(2)3)16(20)14-6-5-13-7-8-17-15(13)12-14/h5-6,12,17H,4,7-11H2,1-3H3. The van der Waals surface area contributed by atoms with Gasteiger partial charge in [0.1, 0.15) is 0 Å². The van der Waals surface area contributed by atoms with Crippen molar-refractivity contribution in [2.75, 3.05) is 45.6 Å². The van der Waals surface area contributed by atoms with Gasteiger partial charge in [-0.3, -0.25) is 4.79 Å². The van der Waals surface area contributed by atoms with Crippen LogP contribution in [0.25, 0.3) is 0 Å². The fourth-order valence-corrected chi connectivity index (χ4v) is 2.51. The average molecular weight is 275 g/mol. The summed E-state index contributed by atoms with van der Waals surface area (Å²) < 4.78 is 0. The summed E-state index contributed by atoms with van der Waals surface area (Å²) in [7, 11) is 4.07. The summed E-state index contributed by atoms with van der Waals surface area (Å²) in [5, 5.41) is 3.34. The van der Waals surface area contributed by atoms with Gasteiger partial charge in [-0.2, -0.15) is 0 Å². The van der Waals surface area contributed by atoms with Gasteiger partial charge in [-0.25, -0.2) is 0 Å². The summed E-state index contributed by atoms with van der Waals surface area (Å²) >= 11 is 0. The van der Waals surface area contributed by atoms with Gasteiger partial charge in [-0.1, -0.05) is 13.0 Å². The minimum absolute atomic E-state index is 0.144. The number of nitrogens with one attached hydrogen (secondary N) is 1. The maximum Gasteiger partial charge on any atom is 0.253 e. The average Bonchev–Trinajstić information content (AvgIpc) is 2.89. The van der Waals surface area contributed by atoms with Crippen molar-refractivity contribution in [3.8, 4) is 0 Å². The third-order valence-electron chi connectivity index (χ3n) is 3.66. The van der Waals surface area contributed by atoms with Crippen LogP contribution in [-0.2, 0) is 6.42 Å². The van der Waals surface area contributed by atoms with Crippen LogP contribution in [-0.4, -0.2) is 56.0 Å². The number of benzene rings is 1. The number of likely N-dealkylation sites (N-methyl/N-ethyl adjacent to an activating group) is 1. The second kappa shape index (κ2) is 6.75. The Morgan fingerprint density at radius 3 is 2.75 bits per heavy atom. The van der Waals surface area contributed by atoms with Crippen molar-refractivity contribution in [2.45, 2.75) is 19.8 Å². The first-order valence-corrected chi connectivity index (χ1v) is 7.42. The molecular formula is C16H25N3O. The van der Waals surface area contributed by atoms with Crippen molar-refractivity contribution in [1.29, 1.82) is 0 Å². The lowest BCUT2D eigenvalue weighted by atomic mass is 10.1. The van der Waals surface area contributed by atoms with Crippen LogP contribution >= 0.6 is 0 Å². The Hall–Kier alpha value is -1.55. The zero-order valence-corrected chi connectivity index (χ0v) is 12.8. The molecule has 2 rings (SSSR count). The monoisotopic (exact) mass is 275 g/mol. The number of amides is 1. The minimum Gasteiger partial charge on any atom is -0.384 e. The molecule has 0 saturated heterocycles. The first-order chi connectivity index (χ1) is 9.61. The van der Waals surface area contributed by atoms with Crippen molar-refractivity contribution >= 4 is 11.6 Å². The number of fused-ring (bicyclic) bond motifs is 1. The van der Waals surface area contributed by atoms with Crippen LogP contribution in [0.3, 0.4) is 0 Å². The fourth-order valence-electron chi connectivity index (χ4n) is 2.51. The van der Waals surface area contributed by atoms with Gasteiger partial charge in [0, 0.05) is 37.4 Å². The van der Waals surface area contributed by atoms with Crippen LogP contribution in [0.2, 0.25) is 0 Å². The number of nitrogens with zero attached hydrogens (tertiary/aromatic N) is 2. The Kier molecular flexibility index (Phi) is 5.01. The molecule has 0 radical (unpaired) electrons. The molecule has 1 heterocycles. The van der Waals surface area contributed by atoms with Crippen molar-refractivity contribution in [3.05, 3.63) is 29.3 Å². The maximum atomic E-state index is 12.6. The smallest absolute Gasteiger partial charge is 0.253 e. The summed E-state index contributed by atoms with van der Waals surface area (Å²) in [5.41, 5.74) is 3.24. The van der Waals surface area contributed by atoms with E-state index in [1.807, 2.05) is 31.1 Å². The normalized spacial score (nSPS) is 13.2. The number of hydrogen-bond donors (Lipinski definition) is 1. The van der Waals surface area contributed by atoms with Gasteiger partial charge < -0.3 is 15.1 Å². The molecule has 1 aromatic rings. The van der Waals surface area contributed by atoms with Crippen molar-refractivity contribution < 1.29 is 4.79 Å². The summed E-state index contributed by atoms with van der Waals surface area (Å²) in [6.07, 6.45) is 2.05. The number of carbonyl (C=O) groups is 1. The second-order valence-electron chi connectivity index (χ2n) is 5.64. The molecule has 0 saturated carbocycles. The molecule has 110 valence electrons. The molecule has 0 aliphatic carbocycles. The number of anilines is 1. The van der Waals surface area contributed by atoms with Gasteiger partial charge in [-0.15, -0.1) is 0 Å². The SMILES string of the molecule is CCCN(CCN(C)C)C(=O)c1ccc2c(c1)NCC2. The molecule has 1 aliphatic heterocycles. The number of hydrogen-bond acceptors (Lipinski definition) is 3.